The fourth-order valence-electron chi connectivity index (χ4n) is 7.68. The van der Waals surface area contributed by atoms with E-state index in [1.807, 2.05) is 132 Å². The highest BCUT2D eigenvalue weighted by Crippen LogP contribution is 2.47. The summed E-state index contributed by atoms with van der Waals surface area (Å²) < 4.78 is 6.20. The van der Waals surface area contributed by atoms with Gasteiger partial charge in [0.2, 0.25) is 5.88 Å². The molecular formula is C56H63N11O5. The number of hydrogen-bond acceptors (Lipinski definition) is 15. The number of rotatable bonds is 12. The monoisotopic (exact) mass is 970 g/mol. The second-order valence-corrected chi connectivity index (χ2v) is 16.0. The van der Waals surface area contributed by atoms with Crippen LogP contribution >= 0.6 is 0 Å². The molecule has 0 saturated carbocycles. The number of aromatic hydroxyl groups is 3. The van der Waals surface area contributed by atoms with Crippen LogP contribution in [0.15, 0.2) is 138 Å². The quantitative estimate of drug-likeness (QED) is 0.0525. The van der Waals surface area contributed by atoms with Gasteiger partial charge in [-0.1, -0.05) is 77.4 Å². The van der Waals surface area contributed by atoms with E-state index >= 15 is 0 Å². The molecule has 0 fully saturated rings. The van der Waals surface area contributed by atoms with Gasteiger partial charge >= 0.3 is 0 Å². The van der Waals surface area contributed by atoms with Crippen molar-refractivity contribution in [2.45, 2.75) is 96.6 Å². The molecule has 16 nitrogen and oxygen atoms in total. The molecule has 0 atom stereocenters. The number of azo groups is 4. The van der Waals surface area contributed by atoms with Crippen molar-refractivity contribution < 1.29 is 24.9 Å². The molecule has 0 aliphatic rings. The van der Waals surface area contributed by atoms with Crippen molar-refractivity contribution in [3.8, 4) is 23.1 Å². The number of aryl methyl sites for hydroxylation is 7. The van der Waals surface area contributed by atoms with Gasteiger partial charge in [-0.25, -0.2) is 0 Å². The zero-order chi connectivity index (χ0) is 52.8. The van der Waals surface area contributed by atoms with Gasteiger partial charge in [-0.05, 0) is 159 Å². The third kappa shape index (κ3) is 11.7. The summed E-state index contributed by atoms with van der Waals surface area (Å²) in [6.07, 6.45) is 0. The van der Waals surface area contributed by atoms with Crippen molar-refractivity contribution in [2.24, 2.45) is 40.9 Å². The van der Waals surface area contributed by atoms with Crippen molar-refractivity contribution in [1.29, 1.82) is 0 Å². The van der Waals surface area contributed by atoms with Crippen molar-refractivity contribution in [3.63, 3.8) is 0 Å². The van der Waals surface area contributed by atoms with Crippen LogP contribution in [0, 0.1) is 48.5 Å². The summed E-state index contributed by atoms with van der Waals surface area (Å²) in [6, 6.07) is 29.2. The Labute approximate surface area is 420 Å². The Balaban J connectivity index is 0.00000155. The number of hydrogen-bond donors (Lipinski definition) is 4. The molecule has 0 unspecified atom stereocenters. The maximum Gasteiger partial charge on any atom is 0.293 e. The molecule has 0 saturated heterocycles. The summed E-state index contributed by atoms with van der Waals surface area (Å²) >= 11 is 0. The fraction of sp³-hybridized carbons (Fsp3) is 0.250. The first-order chi connectivity index (χ1) is 34.7. The largest absolute Gasteiger partial charge is 0.505 e. The van der Waals surface area contributed by atoms with Crippen LogP contribution in [-0.2, 0) is 16.1 Å². The van der Waals surface area contributed by atoms with Crippen LogP contribution in [0.5, 0.6) is 17.4 Å². The van der Waals surface area contributed by atoms with E-state index in [9.17, 15) is 20.1 Å². The first-order valence-corrected chi connectivity index (χ1v) is 23.8. The average molecular weight is 970 g/mol. The molecular weight excluding hydrogens is 907 g/mol. The highest BCUT2D eigenvalue weighted by Gasteiger charge is 2.21. The lowest BCUT2D eigenvalue weighted by Gasteiger charge is -2.14. The fourth-order valence-corrected chi connectivity index (χ4v) is 7.68. The standard InChI is InChI=1S/C50H45N11O5.3C2H6/c1-26-13-16-38(28(3)19-26)53-58-46-30(5)21-36-27(2)23-41(44(51)43(36)49(46)64)56-55-40-18-15-35-37(32(40)7)22-31(6)45(48(35)63)57-52-33-14-17-39(29(4)20-33)54-59-47-42(24-66-25-62)60-61(50(47)65)34-11-9-8-10-12-34;3*1-2/h8-23,25,63-65H,24,51H2,1-7H3;3*1-2H3. The van der Waals surface area contributed by atoms with Gasteiger partial charge in [0.15, 0.2) is 17.2 Å². The van der Waals surface area contributed by atoms with Crippen LogP contribution < -0.4 is 5.73 Å². The predicted octanol–water partition coefficient (Wildman–Crippen LogP) is 17.4. The minimum absolute atomic E-state index is 0.0432. The van der Waals surface area contributed by atoms with Gasteiger partial charge in [-0.2, -0.15) is 30.2 Å². The van der Waals surface area contributed by atoms with Crippen molar-refractivity contribution >= 4 is 79.2 Å². The van der Waals surface area contributed by atoms with E-state index in [-0.39, 0.29) is 41.1 Å². The molecule has 7 aromatic carbocycles. The lowest BCUT2D eigenvalue weighted by atomic mass is 9.98. The van der Waals surface area contributed by atoms with E-state index < -0.39 is 0 Å². The van der Waals surface area contributed by atoms with Crippen molar-refractivity contribution in [1.82, 2.24) is 9.78 Å². The predicted molar refractivity (Wildman–Crippen MR) is 289 cm³/mol. The number of nitrogens with two attached hydrogens (primary N) is 1. The lowest BCUT2D eigenvalue weighted by Crippen LogP contribution is -1.97. The Kier molecular flexibility index (Phi) is 18.7. The minimum atomic E-state index is -0.263. The van der Waals surface area contributed by atoms with Crippen LogP contribution in [0.4, 0.5) is 51.2 Å². The summed E-state index contributed by atoms with van der Waals surface area (Å²) in [7, 11) is 0. The van der Waals surface area contributed by atoms with Gasteiger partial charge in [0, 0.05) is 5.39 Å². The summed E-state index contributed by atoms with van der Waals surface area (Å²) in [5.74, 6) is -0.394. The van der Waals surface area contributed by atoms with Crippen molar-refractivity contribution in [2.75, 3.05) is 5.73 Å². The number of fused-ring (bicyclic) bond motifs is 2. The van der Waals surface area contributed by atoms with Gasteiger partial charge in [0.25, 0.3) is 6.47 Å². The number of nitrogens with zero attached hydrogens (tertiary/aromatic N) is 10. The molecule has 8 aromatic rings. The summed E-state index contributed by atoms with van der Waals surface area (Å²) in [6.45, 7) is 25.4. The number of phenols is 2. The number of anilines is 1. The Bertz CT molecular complexity index is 3360. The molecule has 0 aliphatic heterocycles. The zero-order valence-corrected chi connectivity index (χ0v) is 43.2. The Morgan fingerprint density at radius 1 is 0.542 bits per heavy atom. The van der Waals surface area contributed by atoms with Crippen LogP contribution in [0.25, 0.3) is 27.2 Å². The van der Waals surface area contributed by atoms with Crippen LogP contribution in [0.2, 0.25) is 0 Å². The number of aromatic nitrogens is 2. The molecule has 5 N–H and O–H groups in total. The third-order valence-corrected chi connectivity index (χ3v) is 11.3. The maximum absolute atomic E-state index is 11.5. The Morgan fingerprint density at radius 2 is 1.10 bits per heavy atom. The number of para-hydroxylation sites is 1. The van der Waals surface area contributed by atoms with Crippen molar-refractivity contribution in [3.05, 3.63) is 142 Å². The van der Waals surface area contributed by atoms with Crippen LogP contribution in [0.3, 0.4) is 0 Å². The SMILES string of the molecule is CC.CC.CC.Cc1ccc(N=Nc2c(C)cc3c(C)cc(N=Nc4ccc5c(O)c(N=Nc6ccc(N=Nc7c(COC=O)nn(-c8ccccc8)c7O)c(C)c6)c(C)cc5c4C)c(N)c3c2O)c(C)c1. The van der Waals surface area contributed by atoms with E-state index in [2.05, 4.69) is 46.0 Å². The first-order valence-electron chi connectivity index (χ1n) is 23.8. The maximum atomic E-state index is 11.5. The molecule has 0 bridgehead atoms. The second kappa shape index (κ2) is 24.8. The van der Waals surface area contributed by atoms with E-state index in [1.165, 1.54) is 4.68 Å². The number of ether oxygens (including phenoxy) is 1. The van der Waals surface area contributed by atoms with E-state index in [0.29, 0.717) is 73.9 Å². The molecule has 1 heterocycles. The Hall–Kier alpha value is -8.66. The van der Waals surface area contributed by atoms with Gasteiger partial charge < -0.3 is 25.8 Å². The lowest BCUT2D eigenvalue weighted by molar-refractivity contribution is -0.129. The molecule has 0 aliphatic carbocycles. The normalized spacial score (nSPS) is 11.2. The smallest absolute Gasteiger partial charge is 0.293 e. The molecule has 0 spiro atoms. The van der Waals surface area contributed by atoms with Crippen LogP contribution in [0.1, 0.15) is 86.2 Å². The summed E-state index contributed by atoms with van der Waals surface area (Å²) in [5.41, 5.74) is 16.9. The number of phenolic OH excluding ortho intramolecular Hbond substituents is 2. The molecule has 8 rings (SSSR count). The number of benzene rings is 7. The highest BCUT2D eigenvalue weighted by atomic mass is 16.5. The molecule has 1 aromatic heterocycles. The molecule has 372 valence electrons. The highest BCUT2D eigenvalue weighted by molar-refractivity contribution is 6.07. The Morgan fingerprint density at radius 3 is 1.74 bits per heavy atom. The minimum Gasteiger partial charge on any atom is -0.505 e. The first kappa shape index (κ1) is 54.3. The average Bonchev–Trinajstić information content (AvgIpc) is 3.70. The van der Waals surface area contributed by atoms with Crippen LogP contribution in [-0.4, -0.2) is 31.6 Å². The zero-order valence-electron chi connectivity index (χ0n) is 43.2. The van der Waals surface area contributed by atoms with Gasteiger partial charge in [0.05, 0.1) is 39.5 Å². The number of carbonyl (C=O) groups is 1. The topological polar surface area (TPSA) is 230 Å². The van der Waals surface area contributed by atoms with Gasteiger partial charge in [-0.3, -0.25) is 4.79 Å². The second-order valence-electron chi connectivity index (χ2n) is 16.0. The number of carbonyl (C=O) groups excluding carboxylic acids is 1. The molecule has 16 heteroatoms. The van der Waals surface area contributed by atoms with Gasteiger partial charge in [0.1, 0.15) is 29.4 Å². The van der Waals surface area contributed by atoms with E-state index in [4.69, 9.17) is 10.5 Å². The van der Waals surface area contributed by atoms with E-state index in [0.717, 1.165) is 38.6 Å². The number of nitrogen functional groups attached to an aromatic ring is 1. The molecule has 72 heavy (non-hydrogen) atoms. The third-order valence-electron chi connectivity index (χ3n) is 11.3. The van der Waals surface area contributed by atoms with Gasteiger partial charge in [-0.15, -0.1) is 20.5 Å². The summed E-state index contributed by atoms with van der Waals surface area (Å²) in [4.78, 5) is 10.9. The van der Waals surface area contributed by atoms with E-state index in [1.54, 1.807) is 54.6 Å². The molecule has 0 radical (unpaired) electrons. The summed E-state index contributed by atoms with van der Waals surface area (Å²) in [5, 5.41) is 76.4. The molecule has 0 amide bonds.